The Kier molecular flexibility index (Phi) is 4.58. The third kappa shape index (κ3) is 2.83. The van der Waals surface area contributed by atoms with E-state index in [4.69, 9.17) is 4.52 Å². The lowest BCUT2D eigenvalue weighted by Crippen LogP contribution is -2.32. The fourth-order valence-electron chi connectivity index (χ4n) is 2.56. The lowest BCUT2D eigenvalue weighted by molar-refractivity contribution is 0.246. The number of nitrogens with one attached hydrogen (secondary N) is 1. The van der Waals surface area contributed by atoms with Crippen LogP contribution < -0.4 is 10.2 Å². The Bertz CT molecular complexity index is 362. The van der Waals surface area contributed by atoms with Crippen molar-refractivity contribution < 1.29 is 4.52 Å². The molecule has 2 heterocycles. The van der Waals surface area contributed by atoms with Crippen molar-refractivity contribution in [3.63, 3.8) is 0 Å². The van der Waals surface area contributed by atoms with Crippen LogP contribution in [0.1, 0.15) is 52.0 Å². The lowest BCUT2D eigenvalue weighted by atomic mass is 9.90. The van der Waals surface area contributed by atoms with Gasteiger partial charge in [0.25, 0.3) is 5.95 Å². The second kappa shape index (κ2) is 6.18. The SMILES string of the molecule is CCC1CCNC(c2nc(N(CC)CC)no2)C1. The van der Waals surface area contributed by atoms with Crippen molar-refractivity contribution in [3.8, 4) is 0 Å². The van der Waals surface area contributed by atoms with E-state index in [1.807, 2.05) is 0 Å². The van der Waals surface area contributed by atoms with Crippen LogP contribution in [0.25, 0.3) is 0 Å². The Balaban J connectivity index is 2.05. The molecule has 1 fully saturated rings. The fraction of sp³-hybridized carbons (Fsp3) is 0.846. The number of nitrogens with zero attached hydrogens (tertiary/aromatic N) is 3. The number of hydrogen-bond acceptors (Lipinski definition) is 5. The molecule has 1 saturated heterocycles. The molecule has 0 bridgehead atoms. The molecule has 0 saturated carbocycles. The Hall–Kier alpha value is -1.10. The molecule has 0 aromatic carbocycles. The Morgan fingerprint density at radius 3 is 2.78 bits per heavy atom. The number of hydrogen-bond donors (Lipinski definition) is 1. The Morgan fingerprint density at radius 2 is 2.11 bits per heavy atom. The average Bonchev–Trinajstić information content (AvgIpc) is 2.90. The molecule has 1 aliphatic heterocycles. The van der Waals surface area contributed by atoms with Crippen molar-refractivity contribution in [3.05, 3.63) is 5.89 Å². The molecule has 2 unspecified atom stereocenters. The molecule has 5 heteroatoms. The third-order valence-electron chi connectivity index (χ3n) is 3.87. The van der Waals surface area contributed by atoms with Gasteiger partial charge in [0.15, 0.2) is 0 Å². The van der Waals surface area contributed by atoms with Crippen molar-refractivity contribution in [2.45, 2.75) is 46.1 Å². The van der Waals surface area contributed by atoms with E-state index in [0.29, 0.717) is 0 Å². The normalized spacial score (nSPS) is 24.2. The van der Waals surface area contributed by atoms with E-state index >= 15 is 0 Å². The zero-order chi connectivity index (χ0) is 13.0. The molecule has 5 nitrogen and oxygen atoms in total. The summed E-state index contributed by atoms with van der Waals surface area (Å²) in [7, 11) is 0. The Labute approximate surface area is 109 Å². The molecule has 18 heavy (non-hydrogen) atoms. The van der Waals surface area contributed by atoms with E-state index in [1.54, 1.807) is 0 Å². The summed E-state index contributed by atoms with van der Waals surface area (Å²) < 4.78 is 5.42. The van der Waals surface area contributed by atoms with Gasteiger partial charge in [-0.2, -0.15) is 4.98 Å². The highest BCUT2D eigenvalue weighted by molar-refractivity contribution is 5.27. The summed E-state index contributed by atoms with van der Waals surface area (Å²) in [5.41, 5.74) is 0. The van der Waals surface area contributed by atoms with E-state index in [1.165, 1.54) is 12.8 Å². The van der Waals surface area contributed by atoms with Gasteiger partial charge in [0, 0.05) is 13.1 Å². The standard InChI is InChI=1S/C13H24N4O/c1-4-10-7-8-14-11(9-10)12-15-13(16-18-12)17(5-2)6-3/h10-11,14H,4-9H2,1-3H3. The minimum Gasteiger partial charge on any atom is -0.339 e. The van der Waals surface area contributed by atoms with Gasteiger partial charge in [0.05, 0.1) is 6.04 Å². The van der Waals surface area contributed by atoms with Crippen molar-refractivity contribution in [1.29, 1.82) is 0 Å². The van der Waals surface area contributed by atoms with Crippen LogP contribution in [-0.2, 0) is 0 Å². The first-order valence-electron chi connectivity index (χ1n) is 7.10. The first-order valence-corrected chi connectivity index (χ1v) is 7.10. The van der Waals surface area contributed by atoms with Gasteiger partial charge in [0.2, 0.25) is 5.89 Å². The highest BCUT2D eigenvalue weighted by atomic mass is 16.5. The smallest absolute Gasteiger partial charge is 0.266 e. The summed E-state index contributed by atoms with van der Waals surface area (Å²) in [5, 5.41) is 7.56. The molecule has 2 atom stereocenters. The molecule has 0 aliphatic carbocycles. The van der Waals surface area contributed by atoms with Gasteiger partial charge in [-0.1, -0.05) is 13.3 Å². The largest absolute Gasteiger partial charge is 0.339 e. The monoisotopic (exact) mass is 252 g/mol. The molecular formula is C13H24N4O. The maximum Gasteiger partial charge on any atom is 0.266 e. The van der Waals surface area contributed by atoms with Crippen LogP contribution in [0.5, 0.6) is 0 Å². The molecule has 1 aliphatic rings. The molecule has 0 spiro atoms. The number of anilines is 1. The van der Waals surface area contributed by atoms with Crippen LogP contribution in [0.15, 0.2) is 4.52 Å². The van der Waals surface area contributed by atoms with Crippen molar-refractivity contribution in [1.82, 2.24) is 15.5 Å². The van der Waals surface area contributed by atoms with Gasteiger partial charge < -0.3 is 14.7 Å². The first kappa shape index (κ1) is 13.3. The van der Waals surface area contributed by atoms with Gasteiger partial charge >= 0.3 is 0 Å². The zero-order valence-corrected chi connectivity index (χ0v) is 11.6. The van der Waals surface area contributed by atoms with Gasteiger partial charge in [-0.3, -0.25) is 0 Å². The molecule has 1 aromatic rings. The van der Waals surface area contributed by atoms with Gasteiger partial charge in [-0.05, 0) is 44.3 Å². The highest BCUT2D eigenvalue weighted by Crippen LogP contribution is 2.28. The molecule has 0 radical (unpaired) electrons. The molecule has 1 N–H and O–H groups in total. The molecule has 1 aromatic heterocycles. The summed E-state index contributed by atoms with van der Waals surface area (Å²) in [5.74, 6) is 2.24. The van der Waals surface area contributed by atoms with Crippen LogP contribution in [0, 0.1) is 5.92 Å². The maximum atomic E-state index is 5.42. The Morgan fingerprint density at radius 1 is 1.33 bits per heavy atom. The van der Waals surface area contributed by atoms with Crippen LogP contribution in [0.2, 0.25) is 0 Å². The van der Waals surface area contributed by atoms with Crippen LogP contribution in [0.3, 0.4) is 0 Å². The number of rotatable bonds is 5. The summed E-state index contributed by atoms with van der Waals surface area (Å²) in [6, 6.07) is 0.237. The summed E-state index contributed by atoms with van der Waals surface area (Å²) in [6.45, 7) is 9.32. The van der Waals surface area contributed by atoms with E-state index in [0.717, 1.165) is 43.8 Å². The van der Waals surface area contributed by atoms with Crippen molar-refractivity contribution in [2.75, 3.05) is 24.5 Å². The van der Waals surface area contributed by atoms with Crippen LogP contribution in [-0.4, -0.2) is 29.8 Å². The number of piperidine rings is 1. The third-order valence-corrected chi connectivity index (χ3v) is 3.87. The second-order valence-electron chi connectivity index (χ2n) is 4.91. The molecule has 2 rings (SSSR count). The second-order valence-corrected chi connectivity index (χ2v) is 4.91. The van der Waals surface area contributed by atoms with Crippen LogP contribution >= 0.6 is 0 Å². The van der Waals surface area contributed by atoms with E-state index < -0.39 is 0 Å². The predicted molar refractivity (Wildman–Crippen MR) is 71.6 cm³/mol. The van der Waals surface area contributed by atoms with E-state index in [2.05, 4.69) is 41.1 Å². The number of aromatic nitrogens is 2. The minimum absolute atomic E-state index is 0.237. The van der Waals surface area contributed by atoms with E-state index in [-0.39, 0.29) is 6.04 Å². The topological polar surface area (TPSA) is 54.2 Å². The van der Waals surface area contributed by atoms with E-state index in [9.17, 15) is 0 Å². The minimum atomic E-state index is 0.237. The van der Waals surface area contributed by atoms with Gasteiger partial charge in [-0.15, -0.1) is 0 Å². The summed E-state index contributed by atoms with van der Waals surface area (Å²) in [4.78, 5) is 6.63. The van der Waals surface area contributed by atoms with Gasteiger partial charge in [-0.25, -0.2) is 0 Å². The van der Waals surface area contributed by atoms with Crippen molar-refractivity contribution in [2.24, 2.45) is 5.92 Å². The zero-order valence-electron chi connectivity index (χ0n) is 11.6. The molecular weight excluding hydrogens is 228 g/mol. The molecule has 0 amide bonds. The molecule has 102 valence electrons. The summed E-state index contributed by atoms with van der Waals surface area (Å²) in [6.07, 6.45) is 3.59. The average molecular weight is 252 g/mol. The highest BCUT2D eigenvalue weighted by Gasteiger charge is 2.26. The quantitative estimate of drug-likeness (QED) is 0.872. The van der Waals surface area contributed by atoms with Gasteiger partial charge in [0.1, 0.15) is 0 Å². The first-order chi connectivity index (χ1) is 8.78. The fourth-order valence-corrected chi connectivity index (χ4v) is 2.56. The predicted octanol–water partition coefficient (Wildman–Crippen LogP) is 2.37. The van der Waals surface area contributed by atoms with Crippen LogP contribution in [0.4, 0.5) is 5.95 Å². The summed E-state index contributed by atoms with van der Waals surface area (Å²) >= 11 is 0. The van der Waals surface area contributed by atoms with Crippen molar-refractivity contribution >= 4 is 5.95 Å². The lowest BCUT2D eigenvalue weighted by Gasteiger charge is -2.27. The maximum absolute atomic E-state index is 5.42.